The first kappa shape index (κ1) is 21.8. The summed E-state index contributed by atoms with van der Waals surface area (Å²) < 4.78 is 43.9. The molecule has 0 fully saturated rings. The zero-order chi connectivity index (χ0) is 21.7. The topological polar surface area (TPSA) is 59.4 Å². The number of ether oxygens (including phenoxy) is 1. The van der Waals surface area contributed by atoms with E-state index in [9.17, 15) is 23.1 Å². The van der Waals surface area contributed by atoms with Gasteiger partial charge in [0.05, 0.1) is 11.7 Å². The van der Waals surface area contributed by atoms with Crippen LogP contribution in [0.1, 0.15) is 34.3 Å². The normalized spacial score (nSPS) is 13.5. The first-order chi connectivity index (χ1) is 14.3. The van der Waals surface area contributed by atoms with Gasteiger partial charge in [-0.25, -0.2) is 0 Å². The molecule has 0 amide bonds. The lowest BCUT2D eigenvalue weighted by Crippen LogP contribution is -2.23. The number of carbonyl (C=O) groups excluding carboxylic acids is 1. The monoisotopic (exact) mass is 435 g/mol. The first-order valence-electron chi connectivity index (χ1n) is 8.92. The van der Waals surface area contributed by atoms with Gasteiger partial charge in [0.25, 0.3) is 0 Å². The summed E-state index contributed by atoms with van der Waals surface area (Å²) in [6.07, 6.45) is -2.88. The minimum Gasteiger partial charge on any atom is -0.460 e. The van der Waals surface area contributed by atoms with Gasteiger partial charge in [-0.2, -0.15) is 13.2 Å². The molecule has 0 saturated heterocycles. The van der Waals surface area contributed by atoms with Crippen molar-refractivity contribution in [2.45, 2.75) is 24.8 Å². The Kier molecular flexibility index (Phi) is 6.74. The van der Waals surface area contributed by atoms with Crippen LogP contribution in [0.4, 0.5) is 13.2 Å². The number of halogens is 4. The third-order valence-corrected chi connectivity index (χ3v) is 4.82. The molecular formula is C22H17ClF3NO3. The number of alkyl halides is 3. The fraction of sp³-hybridized carbons (Fsp3) is 0.182. The van der Waals surface area contributed by atoms with E-state index in [0.717, 1.165) is 12.1 Å². The smallest absolute Gasteiger partial charge is 0.416 e. The second-order valence-corrected chi connectivity index (χ2v) is 6.94. The van der Waals surface area contributed by atoms with Crippen LogP contribution in [0.2, 0.25) is 5.02 Å². The van der Waals surface area contributed by atoms with Crippen molar-refractivity contribution in [1.29, 1.82) is 0 Å². The Labute approximate surface area is 175 Å². The number of hydrogen-bond donors (Lipinski definition) is 1. The molecule has 8 heteroatoms. The molecule has 0 aliphatic rings. The summed E-state index contributed by atoms with van der Waals surface area (Å²) >= 11 is 6.22. The number of hydrogen-bond acceptors (Lipinski definition) is 4. The molecule has 3 aromatic rings. The van der Waals surface area contributed by atoms with Gasteiger partial charge < -0.3 is 9.84 Å². The van der Waals surface area contributed by atoms with E-state index in [0.29, 0.717) is 11.1 Å². The fourth-order valence-electron chi connectivity index (χ4n) is 2.98. The number of esters is 1. The zero-order valence-electron chi connectivity index (χ0n) is 15.5. The molecule has 1 heterocycles. The summed E-state index contributed by atoms with van der Waals surface area (Å²) in [6.45, 7) is -0.385. The molecule has 3 rings (SSSR count). The lowest BCUT2D eigenvalue weighted by Gasteiger charge is -2.23. The van der Waals surface area contributed by atoms with Crippen molar-refractivity contribution in [2.24, 2.45) is 0 Å². The highest BCUT2D eigenvalue weighted by molar-refractivity contribution is 6.31. The highest BCUT2D eigenvalue weighted by Crippen LogP contribution is 2.36. The molecule has 1 aromatic heterocycles. The van der Waals surface area contributed by atoms with E-state index >= 15 is 0 Å². The standard InChI is InChI=1S/C22H17ClF3NO3/c23-18-9-2-1-8-17(18)19(20(28)15-6-4-10-27-12-15)21(29)30-13-14-5-3-7-16(11-14)22(24,25)26/h1-12,19-20,28H,13H2. The molecule has 2 aromatic carbocycles. The maximum atomic E-state index is 12.9. The highest BCUT2D eigenvalue weighted by Gasteiger charge is 2.33. The Balaban J connectivity index is 1.85. The van der Waals surface area contributed by atoms with E-state index in [2.05, 4.69) is 4.98 Å². The van der Waals surface area contributed by atoms with Gasteiger partial charge in [0.1, 0.15) is 12.5 Å². The summed E-state index contributed by atoms with van der Waals surface area (Å²) in [5.74, 6) is -2.01. The number of aliphatic hydroxyl groups is 1. The molecule has 0 aliphatic heterocycles. The van der Waals surface area contributed by atoms with Crippen LogP contribution in [-0.2, 0) is 22.3 Å². The van der Waals surface area contributed by atoms with E-state index in [-0.39, 0.29) is 17.2 Å². The largest absolute Gasteiger partial charge is 0.460 e. The van der Waals surface area contributed by atoms with Crippen LogP contribution in [0.25, 0.3) is 0 Å². The van der Waals surface area contributed by atoms with E-state index in [1.807, 2.05) is 0 Å². The second kappa shape index (κ2) is 9.28. The molecule has 2 atom stereocenters. The van der Waals surface area contributed by atoms with Gasteiger partial charge in [0.2, 0.25) is 0 Å². The van der Waals surface area contributed by atoms with Crippen molar-refractivity contribution in [1.82, 2.24) is 4.98 Å². The van der Waals surface area contributed by atoms with Crippen LogP contribution in [0, 0.1) is 0 Å². The molecule has 0 aliphatic carbocycles. The third-order valence-electron chi connectivity index (χ3n) is 4.47. The molecule has 2 unspecified atom stereocenters. The predicted molar refractivity (Wildman–Crippen MR) is 105 cm³/mol. The van der Waals surface area contributed by atoms with Crippen LogP contribution in [-0.4, -0.2) is 16.1 Å². The minimum atomic E-state index is -4.50. The van der Waals surface area contributed by atoms with E-state index in [1.54, 1.807) is 36.4 Å². The van der Waals surface area contributed by atoms with E-state index in [4.69, 9.17) is 16.3 Å². The van der Waals surface area contributed by atoms with Crippen LogP contribution in [0.5, 0.6) is 0 Å². The second-order valence-electron chi connectivity index (χ2n) is 6.54. The minimum absolute atomic E-state index is 0.173. The van der Waals surface area contributed by atoms with Crippen molar-refractivity contribution in [2.75, 3.05) is 0 Å². The SMILES string of the molecule is O=C(OCc1cccc(C(F)(F)F)c1)C(c1ccccc1Cl)C(O)c1cccnc1. The Hall–Kier alpha value is -2.90. The van der Waals surface area contributed by atoms with Crippen LogP contribution < -0.4 is 0 Å². The van der Waals surface area contributed by atoms with Crippen molar-refractivity contribution < 1.29 is 27.8 Å². The van der Waals surface area contributed by atoms with Crippen molar-refractivity contribution in [3.05, 3.63) is 100 Å². The summed E-state index contributed by atoms with van der Waals surface area (Å²) in [5.41, 5.74) is 0.0454. The molecule has 156 valence electrons. The Morgan fingerprint density at radius 3 is 2.53 bits per heavy atom. The predicted octanol–water partition coefficient (Wildman–Crippen LogP) is 5.31. The average Bonchev–Trinajstić information content (AvgIpc) is 2.74. The fourth-order valence-corrected chi connectivity index (χ4v) is 3.23. The third kappa shape index (κ3) is 5.17. The lowest BCUT2D eigenvalue weighted by atomic mass is 9.89. The average molecular weight is 436 g/mol. The number of carbonyl (C=O) groups is 1. The molecular weight excluding hydrogens is 419 g/mol. The summed E-state index contributed by atoms with van der Waals surface area (Å²) in [4.78, 5) is 16.8. The van der Waals surface area contributed by atoms with E-state index in [1.165, 1.54) is 24.5 Å². The number of benzene rings is 2. The highest BCUT2D eigenvalue weighted by atomic mass is 35.5. The van der Waals surface area contributed by atoms with Crippen LogP contribution in [0.3, 0.4) is 0 Å². The van der Waals surface area contributed by atoms with Crippen molar-refractivity contribution in [3.8, 4) is 0 Å². The molecule has 0 radical (unpaired) electrons. The Morgan fingerprint density at radius 1 is 1.10 bits per heavy atom. The van der Waals surface area contributed by atoms with Gasteiger partial charge in [0, 0.05) is 23.0 Å². The van der Waals surface area contributed by atoms with Gasteiger partial charge in [-0.15, -0.1) is 0 Å². The molecule has 0 saturated carbocycles. The van der Waals surface area contributed by atoms with Crippen molar-refractivity contribution in [3.63, 3.8) is 0 Å². The molecule has 0 spiro atoms. The van der Waals surface area contributed by atoms with E-state index < -0.39 is 29.7 Å². The first-order valence-corrected chi connectivity index (χ1v) is 9.30. The quantitative estimate of drug-likeness (QED) is 0.533. The lowest BCUT2D eigenvalue weighted by molar-refractivity contribution is -0.149. The summed E-state index contributed by atoms with van der Waals surface area (Å²) in [5, 5.41) is 11.1. The number of pyridine rings is 1. The molecule has 30 heavy (non-hydrogen) atoms. The van der Waals surface area contributed by atoms with Gasteiger partial charge in [0.15, 0.2) is 0 Å². The van der Waals surface area contributed by atoms with Gasteiger partial charge in [-0.1, -0.05) is 48.0 Å². The number of nitrogens with zero attached hydrogens (tertiary/aromatic N) is 1. The molecule has 4 nitrogen and oxygen atoms in total. The number of aliphatic hydroxyl groups excluding tert-OH is 1. The van der Waals surface area contributed by atoms with Crippen LogP contribution in [0.15, 0.2) is 73.1 Å². The maximum absolute atomic E-state index is 12.9. The number of rotatable bonds is 6. The molecule has 1 N–H and O–H groups in total. The molecule has 0 bridgehead atoms. The van der Waals surface area contributed by atoms with Crippen molar-refractivity contribution >= 4 is 17.6 Å². The Morgan fingerprint density at radius 2 is 1.87 bits per heavy atom. The number of aromatic nitrogens is 1. The Bertz CT molecular complexity index is 1010. The summed E-state index contributed by atoms with van der Waals surface area (Å²) in [6, 6.07) is 14.2. The zero-order valence-corrected chi connectivity index (χ0v) is 16.3. The van der Waals surface area contributed by atoms with Gasteiger partial charge in [-0.3, -0.25) is 9.78 Å². The summed E-state index contributed by atoms with van der Waals surface area (Å²) in [7, 11) is 0. The van der Waals surface area contributed by atoms with Crippen LogP contribution >= 0.6 is 11.6 Å². The van der Waals surface area contributed by atoms with Gasteiger partial charge >= 0.3 is 12.1 Å². The maximum Gasteiger partial charge on any atom is 0.416 e. The van der Waals surface area contributed by atoms with Gasteiger partial charge in [-0.05, 0) is 35.4 Å².